The summed E-state index contributed by atoms with van der Waals surface area (Å²) in [6, 6.07) is 10.9. The number of nitrogens with zero attached hydrogens (tertiary/aromatic N) is 3. The summed E-state index contributed by atoms with van der Waals surface area (Å²) in [5.41, 5.74) is 0.229. The maximum absolute atomic E-state index is 14.8. The number of rotatable bonds is 4. The molecule has 0 amide bonds. The summed E-state index contributed by atoms with van der Waals surface area (Å²) in [6.07, 6.45) is 0.242. The molecule has 0 unspecified atom stereocenters. The van der Waals surface area contributed by atoms with Crippen LogP contribution in [-0.4, -0.2) is 15.0 Å². The number of fused-ring (bicyclic) bond motifs is 1. The van der Waals surface area contributed by atoms with Crippen molar-refractivity contribution in [1.82, 2.24) is 15.0 Å². The van der Waals surface area contributed by atoms with Crippen molar-refractivity contribution in [2.75, 3.05) is 0 Å². The van der Waals surface area contributed by atoms with Crippen LogP contribution in [0.3, 0.4) is 0 Å². The predicted octanol–water partition coefficient (Wildman–Crippen LogP) is 6.37. The number of halogens is 5. The Morgan fingerprint density at radius 3 is 2.50 bits per heavy atom. The molecule has 9 heteroatoms. The fraction of sp³-hybridized carbons (Fsp3) is 0.105. The molecule has 0 saturated heterocycles. The molecule has 0 spiro atoms. The minimum Gasteiger partial charge on any atom is -0.241 e. The fourth-order valence-electron chi connectivity index (χ4n) is 2.70. The summed E-state index contributed by atoms with van der Waals surface area (Å²) in [5.74, 6) is -4.03. The van der Waals surface area contributed by atoms with Crippen LogP contribution in [0.15, 0.2) is 53.0 Å². The van der Waals surface area contributed by atoms with Crippen LogP contribution in [-0.2, 0) is 12.3 Å². The number of benzene rings is 2. The Kier molecular flexibility index (Phi) is 5.11. The van der Waals surface area contributed by atoms with E-state index >= 15 is 0 Å². The number of aromatic nitrogens is 3. The third kappa shape index (κ3) is 3.90. The van der Waals surface area contributed by atoms with Gasteiger partial charge in [-0.3, -0.25) is 0 Å². The van der Waals surface area contributed by atoms with Gasteiger partial charge in [-0.15, -0.1) is 11.3 Å². The van der Waals surface area contributed by atoms with Crippen molar-refractivity contribution in [2.45, 2.75) is 12.3 Å². The molecule has 0 aliphatic carbocycles. The van der Waals surface area contributed by atoms with E-state index in [4.69, 9.17) is 11.6 Å². The highest BCUT2D eigenvalue weighted by Crippen LogP contribution is 2.35. The second-order valence-electron chi connectivity index (χ2n) is 5.99. The summed E-state index contributed by atoms with van der Waals surface area (Å²) in [5, 5.41) is 0.442. The highest BCUT2D eigenvalue weighted by molar-refractivity contribution is 9.10. The Morgan fingerprint density at radius 1 is 1.00 bits per heavy atom. The van der Waals surface area contributed by atoms with Crippen molar-refractivity contribution in [3.8, 4) is 0 Å². The summed E-state index contributed by atoms with van der Waals surface area (Å²) < 4.78 is 44.6. The SMILES string of the molecule is Fc1ccc(C(F)(F)c2cc(Cc3nc4ccc(Br)cc4s3)nc(Cl)n2)cc1. The Labute approximate surface area is 175 Å². The molecule has 0 N–H and O–H groups in total. The van der Waals surface area contributed by atoms with Crippen molar-refractivity contribution >= 4 is 49.1 Å². The van der Waals surface area contributed by atoms with E-state index in [2.05, 4.69) is 30.9 Å². The molecule has 3 nitrogen and oxygen atoms in total. The van der Waals surface area contributed by atoms with Crippen LogP contribution >= 0.6 is 38.9 Å². The van der Waals surface area contributed by atoms with Gasteiger partial charge in [-0.25, -0.2) is 19.3 Å². The number of thiazole rings is 1. The maximum Gasteiger partial charge on any atom is 0.315 e. The lowest BCUT2D eigenvalue weighted by Crippen LogP contribution is -2.18. The first kappa shape index (κ1) is 19.3. The highest BCUT2D eigenvalue weighted by Gasteiger charge is 2.36. The topological polar surface area (TPSA) is 38.7 Å². The molecule has 0 aliphatic rings. The van der Waals surface area contributed by atoms with Crippen molar-refractivity contribution in [3.05, 3.63) is 86.1 Å². The van der Waals surface area contributed by atoms with E-state index in [9.17, 15) is 13.2 Å². The van der Waals surface area contributed by atoms with Gasteiger partial charge < -0.3 is 0 Å². The molecule has 0 radical (unpaired) electrons. The Bertz CT molecular complexity index is 1170. The molecule has 2 aromatic carbocycles. The molecular formula is C19H10BrClF3N3S. The Hall–Kier alpha value is -2.03. The average Bonchev–Trinajstić information content (AvgIpc) is 3.02. The van der Waals surface area contributed by atoms with E-state index < -0.39 is 17.4 Å². The second-order valence-corrected chi connectivity index (χ2v) is 8.36. The van der Waals surface area contributed by atoms with E-state index in [0.29, 0.717) is 5.69 Å². The molecule has 4 aromatic rings. The first-order valence-electron chi connectivity index (χ1n) is 8.04. The lowest BCUT2D eigenvalue weighted by atomic mass is 10.0. The number of alkyl halides is 2. The van der Waals surface area contributed by atoms with Crippen LogP contribution in [0.5, 0.6) is 0 Å². The van der Waals surface area contributed by atoms with Crippen molar-refractivity contribution in [1.29, 1.82) is 0 Å². The highest BCUT2D eigenvalue weighted by atomic mass is 79.9. The minimum absolute atomic E-state index is 0.242. The van der Waals surface area contributed by atoms with E-state index in [-0.39, 0.29) is 17.3 Å². The van der Waals surface area contributed by atoms with Gasteiger partial charge in [0.15, 0.2) is 0 Å². The molecule has 142 valence electrons. The zero-order valence-corrected chi connectivity index (χ0v) is 17.1. The standard InChI is InChI=1S/C19H10BrClF3N3S/c20-11-3-6-14-15(7-11)28-17(26-14)9-13-8-16(27-18(21)25-13)19(23,24)10-1-4-12(22)5-2-10/h1-8H,9H2. The average molecular weight is 485 g/mol. The minimum atomic E-state index is -3.44. The van der Waals surface area contributed by atoms with E-state index in [0.717, 1.165) is 44.0 Å². The van der Waals surface area contributed by atoms with Crippen LogP contribution in [0.1, 0.15) is 22.0 Å². The zero-order chi connectivity index (χ0) is 19.9. The molecule has 2 aromatic heterocycles. The summed E-state index contributed by atoms with van der Waals surface area (Å²) >= 11 is 10.8. The van der Waals surface area contributed by atoms with Gasteiger partial charge in [0.25, 0.3) is 0 Å². The van der Waals surface area contributed by atoms with Gasteiger partial charge in [-0.05, 0) is 60.1 Å². The van der Waals surface area contributed by atoms with Gasteiger partial charge in [-0.2, -0.15) is 8.78 Å². The van der Waals surface area contributed by atoms with Gasteiger partial charge in [-0.1, -0.05) is 15.9 Å². The van der Waals surface area contributed by atoms with E-state index in [1.807, 2.05) is 18.2 Å². The van der Waals surface area contributed by atoms with Crippen LogP contribution in [0.4, 0.5) is 13.2 Å². The molecule has 0 fully saturated rings. The molecule has 0 aliphatic heterocycles. The lowest BCUT2D eigenvalue weighted by Gasteiger charge is -2.17. The molecule has 28 heavy (non-hydrogen) atoms. The van der Waals surface area contributed by atoms with Gasteiger partial charge in [0.05, 0.1) is 20.9 Å². The lowest BCUT2D eigenvalue weighted by molar-refractivity contribution is 0.0377. The second kappa shape index (κ2) is 7.42. The molecule has 0 saturated carbocycles. The molecule has 2 heterocycles. The first-order chi connectivity index (χ1) is 13.3. The summed E-state index contributed by atoms with van der Waals surface area (Å²) in [7, 11) is 0. The first-order valence-corrected chi connectivity index (χ1v) is 10.0. The van der Waals surface area contributed by atoms with Crippen molar-refractivity contribution in [3.63, 3.8) is 0 Å². The van der Waals surface area contributed by atoms with Gasteiger partial charge in [0.2, 0.25) is 5.28 Å². The summed E-state index contributed by atoms with van der Waals surface area (Å²) in [4.78, 5) is 12.2. The van der Waals surface area contributed by atoms with Crippen molar-refractivity contribution < 1.29 is 13.2 Å². The summed E-state index contributed by atoms with van der Waals surface area (Å²) in [6.45, 7) is 0. The zero-order valence-electron chi connectivity index (χ0n) is 14.0. The smallest absolute Gasteiger partial charge is 0.241 e. The van der Waals surface area contributed by atoms with E-state index in [1.165, 1.54) is 17.4 Å². The number of hydrogen-bond acceptors (Lipinski definition) is 4. The monoisotopic (exact) mass is 483 g/mol. The van der Waals surface area contributed by atoms with Crippen LogP contribution in [0, 0.1) is 5.82 Å². The van der Waals surface area contributed by atoms with Gasteiger partial charge >= 0.3 is 5.92 Å². The Balaban J connectivity index is 1.69. The molecule has 0 atom stereocenters. The molecular weight excluding hydrogens is 475 g/mol. The van der Waals surface area contributed by atoms with E-state index in [1.54, 1.807) is 0 Å². The predicted molar refractivity (Wildman–Crippen MR) is 107 cm³/mol. The molecule has 0 bridgehead atoms. The quantitative estimate of drug-likeness (QED) is 0.316. The Morgan fingerprint density at radius 2 is 1.75 bits per heavy atom. The third-order valence-corrected chi connectivity index (χ3v) is 5.69. The normalized spacial score (nSPS) is 11.9. The van der Waals surface area contributed by atoms with Gasteiger partial charge in [0, 0.05) is 16.5 Å². The van der Waals surface area contributed by atoms with Crippen LogP contribution in [0.25, 0.3) is 10.2 Å². The molecule has 4 rings (SSSR count). The van der Waals surface area contributed by atoms with Crippen LogP contribution in [0.2, 0.25) is 5.28 Å². The number of hydrogen-bond donors (Lipinski definition) is 0. The van der Waals surface area contributed by atoms with Crippen LogP contribution < -0.4 is 0 Å². The van der Waals surface area contributed by atoms with Crippen molar-refractivity contribution in [2.24, 2.45) is 0 Å². The fourth-order valence-corrected chi connectivity index (χ4v) is 4.43. The third-order valence-electron chi connectivity index (χ3n) is 4.01. The largest absolute Gasteiger partial charge is 0.315 e. The van der Waals surface area contributed by atoms with Gasteiger partial charge in [0.1, 0.15) is 11.5 Å². The maximum atomic E-state index is 14.8.